The monoisotopic (exact) mass is 182 g/mol. The molecule has 0 aromatic carbocycles. The lowest BCUT2D eigenvalue weighted by molar-refractivity contribution is -0.122. The van der Waals surface area contributed by atoms with Crippen LogP contribution in [-0.2, 0) is 4.79 Å². The van der Waals surface area contributed by atoms with E-state index in [1.807, 2.05) is 13.8 Å². The van der Waals surface area contributed by atoms with Crippen LogP contribution >= 0.6 is 0 Å². The molecule has 0 saturated heterocycles. The summed E-state index contributed by atoms with van der Waals surface area (Å²) in [5.74, 6) is 0.101. The number of nitrogens with one attached hydrogen (secondary N) is 2. The normalized spacial score (nSPS) is 18.0. The van der Waals surface area contributed by atoms with Crippen LogP contribution in [0.5, 0.6) is 0 Å². The van der Waals surface area contributed by atoms with E-state index in [-0.39, 0.29) is 11.9 Å². The van der Waals surface area contributed by atoms with Crippen LogP contribution in [0.25, 0.3) is 0 Å². The van der Waals surface area contributed by atoms with Crippen molar-refractivity contribution < 1.29 is 4.79 Å². The fourth-order valence-corrected chi connectivity index (χ4v) is 0.974. The average molecular weight is 182 g/mol. The summed E-state index contributed by atoms with van der Waals surface area (Å²) < 4.78 is 0. The second-order valence-corrected chi connectivity index (χ2v) is 3.84. The Bertz CT molecular complexity index is 209. The van der Waals surface area contributed by atoms with E-state index in [9.17, 15) is 4.79 Å². The van der Waals surface area contributed by atoms with E-state index in [2.05, 4.69) is 17.2 Å². The molecule has 1 amide bonds. The summed E-state index contributed by atoms with van der Waals surface area (Å²) in [5, 5.41) is 6.05. The van der Waals surface area contributed by atoms with Crippen molar-refractivity contribution in [2.75, 3.05) is 6.54 Å². The maximum Gasteiger partial charge on any atom is 0.237 e. The Kier molecular flexibility index (Phi) is 3.48. The maximum atomic E-state index is 11.4. The van der Waals surface area contributed by atoms with Gasteiger partial charge in [0.05, 0.1) is 6.04 Å². The number of rotatable bonds is 5. The van der Waals surface area contributed by atoms with Crippen molar-refractivity contribution in [1.82, 2.24) is 10.6 Å². The number of hydrogen-bond acceptors (Lipinski definition) is 2. The van der Waals surface area contributed by atoms with Crippen LogP contribution in [0.15, 0.2) is 12.2 Å². The molecule has 74 valence electrons. The van der Waals surface area contributed by atoms with Gasteiger partial charge >= 0.3 is 0 Å². The third-order valence-electron chi connectivity index (χ3n) is 2.03. The molecule has 1 rings (SSSR count). The highest BCUT2D eigenvalue weighted by atomic mass is 16.2. The molecule has 0 radical (unpaired) electrons. The molecule has 0 spiro atoms. The van der Waals surface area contributed by atoms with Crippen molar-refractivity contribution >= 4 is 5.91 Å². The van der Waals surface area contributed by atoms with Crippen LogP contribution in [0.2, 0.25) is 0 Å². The lowest BCUT2D eigenvalue weighted by Gasteiger charge is -2.13. The molecule has 0 bridgehead atoms. The maximum absolute atomic E-state index is 11.4. The van der Waals surface area contributed by atoms with Crippen molar-refractivity contribution in [1.29, 1.82) is 0 Å². The van der Waals surface area contributed by atoms with E-state index in [0.29, 0.717) is 12.6 Å². The smallest absolute Gasteiger partial charge is 0.237 e. The molecular formula is C10H18N2O. The molecule has 0 aromatic rings. The van der Waals surface area contributed by atoms with E-state index < -0.39 is 0 Å². The second-order valence-electron chi connectivity index (χ2n) is 3.84. The largest absolute Gasteiger partial charge is 0.352 e. The minimum Gasteiger partial charge on any atom is -0.352 e. The Morgan fingerprint density at radius 2 is 2.23 bits per heavy atom. The lowest BCUT2D eigenvalue weighted by Crippen LogP contribution is -2.43. The van der Waals surface area contributed by atoms with Gasteiger partial charge in [0.25, 0.3) is 0 Å². The van der Waals surface area contributed by atoms with Crippen LogP contribution in [0.1, 0.15) is 26.7 Å². The van der Waals surface area contributed by atoms with Crippen LogP contribution in [-0.4, -0.2) is 24.5 Å². The Morgan fingerprint density at radius 3 is 2.69 bits per heavy atom. The van der Waals surface area contributed by atoms with Gasteiger partial charge in [-0.05, 0) is 26.7 Å². The zero-order valence-corrected chi connectivity index (χ0v) is 8.39. The first-order valence-electron chi connectivity index (χ1n) is 4.77. The number of amides is 1. The van der Waals surface area contributed by atoms with Gasteiger partial charge in [0.15, 0.2) is 0 Å². The summed E-state index contributed by atoms with van der Waals surface area (Å²) in [6, 6.07) is 0.332. The first kappa shape index (κ1) is 10.3. The Balaban J connectivity index is 2.16. The molecule has 0 aromatic heterocycles. The summed E-state index contributed by atoms with van der Waals surface area (Å²) in [5.41, 5.74) is 1.05. The van der Waals surface area contributed by atoms with Gasteiger partial charge in [-0.3, -0.25) is 4.79 Å². The van der Waals surface area contributed by atoms with Crippen molar-refractivity contribution in [3.8, 4) is 0 Å². The van der Waals surface area contributed by atoms with Gasteiger partial charge in [-0.25, -0.2) is 0 Å². The molecule has 2 N–H and O–H groups in total. The summed E-state index contributed by atoms with van der Waals surface area (Å²) in [6.45, 7) is 8.29. The second kappa shape index (κ2) is 4.42. The van der Waals surface area contributed by atoms with Crippen LogP contribution in [0, 0.1) is 0 Å². The van der Waals surface area contributed by atoms with Gasteiger partial charge in [0, 0.05) is 12.6 Å². The van der Waals surface area contributed by atoms with Gasteiger partial charge in [-0.15, -0.1) is 0 Å². The highest BCUT2D eigenvalue weighted by molar-refractivity contribution is 5.81. The van der Waals surface area contributed by atoms with E-state index in [1.54, 1.807) is 0 Å². The van der Waals surface area contributed by atoms with E-state index in [4.69, 9.17) is 0 Å². The summed E-state index contributed by atoms with van der Waals surface area (Å²) in [7, 11) is 0. The molecule has 1 aliphatic rings. The topological polar surface area (TPSA) is 41.1 Å². The molecule has 13 heavy (non-hydrogen) atoms. The zero-order chi connectivity index (χ0) is 9.84. The SMILES string of the molecule is C=C(C)CNC(C)C(=O)NC1CC1. The third kappa shape index (κ3) is 4.08. The molecule has 1 unspecified atom stereocenters. The number of carbonyl (C=O) groups excluding carboxylic acids is 1. The third-order valence-corrected chi connectivity index (χ3v) is 2.03. The molecule has 1 atom stereocenters. The average Bonchev–Trinajstić information content (AvgIpc) is 2.83. The standard InChI is InChI=1S/C10H18N2O/c1-7(2)6-11-8(3)10(13)12-9-4-5-9/h8-9,11H,1,4-6H2,2-3H3,(H,12,13). The molecule has 0 heterocycles. The predicted molar refractivity (Wildman–Crippen MR) is 53.4 cm³/mol. The molecule has 3 heteroatoms. The highest BCUT2D eigenvalue weighted by Crippen LogP contribution is 2.18. The highest BCUT2D eigenvalue weighted by Gasteiger charge is 2.25. The first-order valence-corrected chi connectivity index (χ1v) is 4.77. The quantitative estimate of drug-likeness (QED) is 0.618. The van der Waals surface area contributed by atoms with Crippen molar-refractivity contribution in [2.24, 2.45) is 0 Å². The van der Waals surface area contributed by atoms with Gasteiger partial charge in [-0.1, -0.05) is 12.2 Å². The van der Waals surface area contributed by atoms with Crippen molar-refractivity contribution in [3.05, 3.63) is 12.2 Å². The number of carbonyl (C=O) groups is 1. The Labute approximate surface area is 79.6 Å². The Morgan fingerprint density at radius 1 is 1.62 bits per heavy atom. The van der Waals surface area contributed by atoms with E-state index >= 15 is 0 Å². The molecule has 3 nitrogen and oxygen atoms in total. The first-order chi connectivity index (χ1) is 6.09. The van der Waals surface area contributed by atoms with Crippen molar-refractivity contribution in [2.45, 2.75) is 38.8 Å². The molecule has 1 aliphatic carbocycles. The summed E-state index contributed by atoms with van der Waals surface area (Å²) in [4.78, 5) is 11.4. The van der Waals surface area contributed by atoms with E-state index in [1.165, 1.54) is 0 Å². The van der Waals surface area contributed by atoms with Gasteiger partial charge in [-0.2, -0.15) is 0 Å². The molecule has 0 aliphatic heterocycles. The van der Waals surface area contributed by atoms with Crippen LogP contribution < -0.4 is 10.6 Å². The van der Waals surface area contributed by atoms with Crippen LogP contribution in [0.4, 0.5) is 0 Å². The van der Waals surface area contributed by atoms with Crippen LogP contribution in [0.3, 0.4) is 0 Å². The summed E-state index contributed by atoms with van der Waals surface area (Å²) in [6.07, 6.45) is 2.28. The van der Waals surface area contributed by atoms with Gasteiger partial charge < -0.3 is 10.6 Å². The minimum absolute atomic E-state index is 0.101. The predicted octanol–water partition coefficient (Wildman–Crippen LogP) is 0.819. The molecule has 1 fully saturated rings. The van der Waals surface area contributed by atoms with Gasteiger partial charge in [0.1, 0.15) is 0 Å². The number of hydrogen-bond donors (Lipinski definition) is 2. The fraction of sp³-hybridized carbons (Fsp3) is 0.700. The fourth-order valence-electron chi connectivity index (χ4n) is 0.974. The lowest BCUT2D eigenvalue weighted by atomic mass is 10.2. The van der Waals surface area contributed by atoms with E-state index in [0.717, 1.165) is 18.4 Å². The summed E-state index contributed by atoms with van der Waals surface area (Å²) >= 11 is 0. The molecular weight excluding hydrogens is 164 g/mol. The zero-order valence-electron chi connectivity index (χ0n) is 8.39. The van der Waals surface area contributed by atoms with Crippen molar-refractivity contribution in [3.63, 3.8) is 0 Å². The Hall–Kier alpha value is -0.830. The molecule has 1 saturated carbocycles. The minimum atomic E-state index is -0.114. The van der Waals surface area contributed by atoms with Gasteiger partial charge in [0.2, 0.25) is 5.91 Å².